The second-order valence-corrected chi connectivity index (χ2v) is 5.12. The van der Waals surface area contributed by atoms with Gasteiger partial charge in [-0.2, -0.15) is 0 Å². The van der Waals surface area contributed by atoms with Gasteiger partial charge in [-0.25, -0.2) is 4.39 Å². The van der Waals surface area contributed by atoms with Crippen LogP contribution < -0.4 is 5.32 Å². The van der Waals surface area contributed by atoms with E-state index in [4.69, 9.17) is 0 Å². The molecule has 0 saturated heterocycles. The van der Waals surface area contributed by atoms with E-state index in [2.05, 4.69) is 5.32 Å². The summed E-state index contributed by atoms with van der Waals surface area (Å²) in [5.74, 6) is -1.07. The summed E-state index contributed by atoms with van der Waals surface area (Å²) in [6.07, 6.45) is 2.48. The van der Waals surface area contributed by atoms with Crippen LogP contribution in [0.4, 0.5) is 10.1 Å². The molecule has 0 saturated carbocycles. The molecular weight excluding hydrogens is 295 g/mol. The molecule has 0 aliphatic carbocycles. The van der Waals surface area contributed by atoms with Crippen LogP contribution in [0, 0.1) is 15.9 Å². The smallest absolute Gasteiger partial charge is 0.279 e. The van der Waals surface area contributed by atoms with Crippen LogP contribution >= 0.6 is 11.3 Å². The van der Waals surface area contributed by atoms with Gasteiger partial charge in [0.25, 0.3) is 5.69 Å². The van der Waals surface area contributed by atoms with E-state index in [9.17, 15) is 19.3 Å². The number of hydrogen-bond acceptors (Lipinski definition) is 4. The Hall–Kier alpha value is -2.54. The van der Waals surface area contributed by atoms with Gasteiger partial charge in [0.15, 0.2) is 0 Å². The fourth-order valence-electron chi connectivity index (χ4n) is 1.63. The summed E-state index contributed by atoms with van der Waals surface area (Å²) in [6.45, 7) is 0.395. The molecule has 1 aromatic heterocycles. The second kappa shape index (κ2) is 6.76. The number of hydrogen-bond donors (Lipinski definition) is 1. The molecule has 21 heavy (non-hydrogen) atoms. The number of nitrogens with one attached hydrogen (secondary N) is 1. The number of nitrogens with zero attached hydrogens (tertiary/aromatic N) is 1. The van der Waals surface area contributed by atoms with Crippen LogP contribution in [0.5, 0.6) is 0 Å². The number of thiophene rings is 1. The Bertz CT molecular complexity index is 684. The summed E-state index contributed by atoms with van der Waals surface area (Å²) in [6, 6.07) is 6.96. The molecule has 1 amide bonds. The first-order valence-electron chi connectivity index (χ1n) is 5.98. The highest BCUT2D eigenvalue weighted by Gasteiger charge is 2.12. The first-order valence-corrected chi connectivity index (χ1v) is 6.86. The van der Waals surface area contributed by atoms with Gasteiger partial charge in [0.1, 0.15) is 5.82 Å². The summed E-state index contributed by atoms with van der Waals surface area (Å²) >= 11 is 1.52. The highest BCUT2D eigenvalue weighted by atomic mass is 32.1. The van der Waals surface area contributed by atoms with Crippen LogP contribution in [0.2, 0.25) is 0 Å². The summed E-state index contributed by atoms with van der Waals surface area (Å²) in [5.41, 5.74) is -0.204. The molecule has 108 valence electrons. The first-order chi connectivity index (χ1) is 10.1. The normalized spacial score (nSPS) is 10.7. The number of benzene rings is 1. The molecule has 1 heterocycles. The Morgan fingerprint density at radius 1 is 1.43 bits per heavy atom. The quantitative estimate of drug-likeness (QED) is 0.524. The monoisotopic (exact) mass is 306 g/mol. The van der Waals surface area contributed by atoms with E-state index in [1.807, 2.05) is 17.5 Å². The van der Waals surface area contributed by atoms with Crippen molar-refractivity contribution < 1.29 is 14.1 Å². The summed E-state index contributed by atoms with van der Waals surface area (Å²) in [7, 11) is 0. The van der Waals surface area contributed by atoms with Gasteiger partial charge in [-0.3, -0.25) is 14.9 Å². The lowest BCUT2D eigenvalue weighted by Crippen LogP contribution is -2.19. The standard InChI is InChI=1S/C14H11FN2O3S/c15-11-5-3-10(13(8-11)17(19)20)4-6-14(18)16-9-12-2-1-7-21-12/h1-8H,9H2,(H,16,18). The van der Waals surface area contributed by atoms with Crippen LogP contribution in [-0.2, 0) is 11.3 Å². The fourth-order valence-corrected chi connectivity index (χ4v) is 2.27. The van der Waals surface area contributed by atoms with Crippen molar-refractivity contribution in [1.82, 2.24) is 5.32 Å². The Morgan fingerprint density at radius 3 is 2.90 bits per heavy atom. The summed E-state index contributed by atoms with van der Waals surface area (Å²) < 4.78 is 13.0. The Morgan fingerprint density at radius 2 is 2.24 bits per heavy atom. The number of nitro groups is 1. The third-order valence-corrected chi connectivity index (χ3v) is 3.50. The van der Waals surface area contributed by atoms with Crippen molar-refractivity contribution in [2.75, 3.05) is 0 Å². The highest BCUT2D eigenvalue weighted by Crippen LogP contribution is 2.20. The minimum Gasteiger partial charge on any atom is -0.348 e. The van der Waals surface area contributed by atoms with Gasteiger partial charge < -0.3 is 5.32 Å². The van der Waals surface area contributed by atoms with Crippen molar-refractivity contribution in [1.29, 1.82) is 0 Å². The van der Waals surface area contributed by atoms with Crippen molar-refractivity contribution in [2.24, 2.45) is 0 Å². The molecule has 7 heteroatoms. The van der Waals surface area contributed by atoms with Gasteiger partial charge in [-0.1, -0.05) is 6.07 Å². The molecule has 5 nitrogen and oxygen atoms in total. The lowest BCUT2D eigenvalue weighted by molar-refractivity contribution is -0.385. The Balaban J connectivity index is 2.03. The van der Waals surface area contributed by atoms with Gasteiger partial charge >= 0.3 is 0 Å². The van der Waals surface area contributed by atoms with E-state index in [1.54, 1.807) is 0 Å². The van der Waals surface area contributed by atoms with Crippen molar-refractivity contribution in [3.8, 4) is 0 Å². The highest BCUT2D eigenvalue weighted by molar-refractivity contribution is 7.09. The lowest BCUT2D eigenvalue weighted by atomic mass is 10.1. The van der Waals surface area contributed by atoms with E-state index < -0.39 is 10.7 Å². The van der Waals surface area contributed by atoms with Crippen molar-refractivity contribution in [3.63, 3.8) is 0 Å². The molecule has 1 N–H and O–H groups in total. The number of halogens is 1. The minimum absolute atomic E-state index is 0.174. The van der Waals surface area contributed by atoms with E-state index in [0.29, 0.717) is 6.54 Å². The van der Waals surface area contributed by atoms with Gasteiger partial charge in [0, 0.05) is 11.0 Å². The molecule has 0 atom stereocenters. The molecule has 1 aromatic carbocycles. The van der Waals surface area contributed by atoms with Gasteiger partial charge in [-0.15, -0.1) is 11.3 Å². The molecule has 2 aromatic rings. The maximum atomic E-state index is 13.0. The van der Waals surface area contributed by atoms with E-state index in [-0.39, 0.29) is 17.2 Å². The van der Waals surface area contributed by atoms with Crippen LogP contribution in [0.15, 0.2) is 41.8 Å². The zero-order valence-corrected chi connectivity index (χ0v) is 11.6. The van der Waals surface area contributed by atoms with Gasteiger partial charge in [-0.05, 0) is 29.7 Å². The predicted molar refractivity (Wildman–Crippen MR) is 78.3 cm³/mol. The number of rotatable bonds is 5. The molecule has 0 aliphatic rings. The maximum Gasteiger partial charge on any atom is 0.279 e. The number of carbonyl (C=O) groups is 1. The maximum absolute atomic E-state index is 13.0. The minimum atomic E-state index is -0.694. The molecule has 0 unspecified atom stereocenters. The van der Waals surface area contributed by atoms with Crippen molar-refractivity contribution in [2.45, 2.75) is 6.54 Å². The Labute approximate surface area is 123 Å². The van der Waals surface area contributed by atoms with E-state index >= 15 is 0 Å². The SMILES string of the molecule is O=C(C=Cc1ccc(F)cc1[N+](=O)[O-])NCc1cccs1. The largest absolute Gasteiger partial charge is 0.348 e. The fraction of sp³-hybridized carbons (Fsp3) is 0.0714. The van der Waals surface area contributed by atoms with Gasteiger partial charge in [0.05, 0.1) is 23.1 Å². The predicted octanol–water partition coefficient (Wildman–Crippen LogP) is 3.13. The summed E-state index contributed by atoms with van der Waals surface area (Å²) in [4.78, 5) is 22.7. The van der Waals surface area contributed by atoms with Crippen LogP contribution in [-0.4, -0.2) is 10.8 Å². The van der Waals surface area contributed by atoms with E-state index in [1.165, 1.54) is 29.6 Å². The zero-order valence-electron chi connectivity index (χ0n) is 10.8. The molecule has 0 spiro atoms. The number of amides is 1. The van der Waals surface area contributed by atoms with Crippen molar-refractivity contribution in [3.05, 3.63) is 68.2 Å². The first kappa shape index (κ1) is 14.9. The molecule has 0 radical (unpaired) electrons. The molecule has 2 rings (SSSR count). The third-order valence-electron chi connectivity index (χ3n) is 2.62. The van der Waals surface area contributed by atoms with Gasteiger partial charge in [0.2, 0.25) is 5.91 Å². The average Bonchev–Trinajstić information content (AvgIpc) is 2.97. The summed E-state index contributed by atoms with van der Waals surface area (Å²) in [5, 5.41) is 15.4. The van der Waals surface area contributed by atoms with E-state index in [0.717, 1.165) is 17.0 Å². The Kier molecular flexibility index (Phi) is 4.78. The molecule has 0 fully saturated rings. The third kappa shape index (κ3) is 4.22. The molecule has 0 bridgehead atoms. The topological polar surface area (TPSA) is 72.2 Å². The van der Waals surface area contributed by atoms with Crippen LogP contribution in [0.25, 0.3) is 6.08 Å². The second-order valence-electron chi connectivity index (χ2n) is 4.09. The molecule has 0 aliphatic heterocycles. The zero-order chi connectivity index (χ0) is 15.2. The average molecular weight is 306 g/mol. The van der Waals surface area contributed by atoms with Crippen LogP contribution in [0.1, 0.15) is 10.4 Å². The lowest BCUT2D eigenvalue weighted by Gasteiger charge is -2.00. The number of nitro benzene ring substituents is 1. The van der Waals surface area contributed by atoms with Crippen LogP contribution in [0.3, 0.4) is 0 Å². The molecular formula is C14H11FN2O3S. The van der Waals surface area contributed by atoms with Crippen molar-refractivity contribution >= 4 is 29.0 Å². The number of carbonyl (C=O) groups excluding carboxylic acids is 1.